The van der Waals surface area contributed by atoms with Crippen molar-refractivity contribution in [3.8, 4) is 0 Å². The topological polar surface area (TPSA) is 26.3 Å². The molecule has 0 radical (unpaired) electrons. The maximum atomic E-state index is 12.1. The number of unbranched alkanes of at least 4 members (excludes halogenated alkanes) is 3. The van der Waals surface area contributed by atoms with Crippen molar-refractivity contribution < 1.29 is 7.87 Å². The first-order chi connectivity index (χ1) is 9.49. The van der Waals surface area contributed by atoms with E-state index in [-0.39, 0.29) is 5.97 Å². The Hall–Kier alpha value is 0.00870. The molecular formula is C17H34O2Sn. The van der Waals surface area contributed by atoms with Crippen molar-refractivity contribution in [1.29, 1.82) is 0 Å². The summed E-state index contributed by atoms with van der Waals surface area (Å²) >= 11 is -2.73. The Morgan fingerprint density at radius 3 is 1.60 bits per heavy atom. The summed E-state index contributed by atoms with van der Waals surface area (Å²) in [7, 11) is 0. The van der Waals surface area contributed by atoms with Crippen LogP contribution in [0.2, 0.25) is 13.3 Å². The summed E-state index contributed by atoms with van der Waals surface area (Å²) in [6.07, 6.45) is 8.98. The fraction of sp³-hybridized carbons (Fsp3) is 0.824. The van der Waals surface area contributed by atoms with Crippen LogP contribution in [0.4, 0.5) is 0 Å². The molecule has 0 saturated carbocycles. The molecule has 0 aromatic heterocycles. The van der Waals surface area contributed by atoms with E-state index in [1.807, 2.05) is 13.8 Å². The molecule has 0 bridgehead atoms. The van der Waals surface area contributed by atoms with Crippen molar-refractivity contribution in [3.63, 3.8) is 0 Å². The van der Waals surface area contributed by atoms with E-state index in [0.717, 1.165) is 5.57 Å². The van der Waals surface area contributed by atoms with Gasteiger partial charge in [-0.2, -0.15) is 0 Å². The second-order valence-electron chi connectivity index (χ2n) is 6.14. The Balaban J connectivity index is 4.91. The predicted molar refractivity (Wildman–Crippen MR) is 90.4 cm³/mol. The first-order valence-corrected chi connectivity index (χ1v) is 15.6. The van der Waals surface area contributed by atoms with Crippen LogP contribution in [-0.2, 0) is 7.87 Å². The van der Waals surface area contributed by atoms with Gasteiger partial charge < -0.3 is 0 Å². The predicted octanol–water partition coefficient (Wildman–Crippen LogP) is 5.84. The zero-order chi connectivity index (χ0) is 15.4. The van der Waals surface area contributed by atoms with Gasteiger partial charge in [0.25, 0.3) is 0 Å². The van der Waals surface area contributed by atoms with Gasteiger partial charge in [0.05, 0.1) is 0 Å². The van der Waals surface area contributed by atoms with Gasteiger partial charge in [0.2, 0.25) is 0 Å². The molecule has 0 fully saturated rings. The van der Waals surface area contributed by atoms with E-state index < -0.39 is 18.8 Å². The van der Waals surface area contributed by atoms with Crippen molar-refractivity contribution in [2.75, 3.05) is 0 Å². The van der Waals surface area contributed by atoms with Crippen LogP contribution in [0.25, 0.3) is 0 Å². The fourth-order valence-electron chi connectivity index (χ4n) is 2.50. The number of allylic oxidation sites excluding steroid dienone is 1. The molecule has 3 heteroatoms. The van der Waals surface area contributed by atoms with Gasteiger partial charge in [0.15, 0.2) is 0 Å². The van der Waals surface area contributed by atoms with E-state index in [1.54, 1.807) is 6.08 Å². The van der Waals surface area contributed by atoms with E-state index in [0.29, 0.717) is 0 Å². The van der Waals surface area contributed by atoms with Gasteiger partial charge in [-0.3, -0.25) is 0 Å². The molecule has 0 atom stereocenters. The minimum absolute atomic E-state index is 0.0656. The zero-order valence-corrected chi connectivity index (χ0v) is 17.1. The van der Waals surface area contributed by atoms with E-state index in [1.165, 1.54) is 51.8 Å². The third-order valence-corrected chi connectivity index (χ3v) is 16.3. The van der Waals surface area contributed by atoms with Crippen LogP contribution in [0.5, 0.6) is 0 Å². The number of carbonyl (C=O) groups is 1. The second kappa shape index (κ2) is 11.6. The molecule has 118 valence electrons. The fourth-order valence-corrected chi connectivity index (χ4v) is 15.4. The standard InChI is InChI=1S/C5H8O2.3C4H9.Sn/c1-4(2)3-5(6)7;3*1-3-4-2;/h3H,1-2H3,(H,6,7);3*1,3-4H2,2H3;/q;;;;+1/p-1. The van der Waals surface area contributed by atoms with Gasteiger partial charge in [-0.15, -0.1) is 0 Å². The summed E-state index contributed by atoms with van der Waals surface area (Å²) < 4.78 is 9.80. The molecule has 0 aromatic carbocycles. The van der Waals surface area contributed by atoms with E-state index in [4.69, 9.17) is 3.07 Å². The second-order valence-corrected chi connectivity index (χ2v) is 17.8. The van der Waals surface area contributed by atoms with Crippen molar-refractivity contribution in [1.82, 2.24) is 0 Å². The molecule has 0 N–H and O–H groups in total. The molecule has 0 aliphatic carbocycles. The average Bonchev–Trinajstić information content (AvgIpc) is 2.39. The van der Waals surface area contributed by atoms with Crippen LogP contribution in [0, 0.1) is 0 Å². The molecule has 0 aliphatic rings. The summed E-state index contributed by atoms with van der Waals surface area (Å²) in [5.74, 6) is -0.0656. The molecule has 0 aromatic rings. The molecule has 0 rings (SSSR count). The summed E-state index contributed by atoms with van der Waals surface area (Å²) in [6.45, 7) is 10.6. The van der Waals surface area contributed by atoms with Gasteiger partial charge in [-0.1, -0.05) is 0 Å². The Kier molecular flexibility index (Phi) is 11.6. The number of carbonyl (C=O) groups excluding carboxylic acids is 1. The van der Waals surface area contributed by atoms with Gasteiger partial charge >= 0.3 is 131 Å². The van der Waals surface area contributed by atoms with Crippen LogP contribution in [0.3, 0.4) is 0 Å². The third kappa shape index (κ3) is 9.04. The zero-order valence-electron chi connectivity index (χ0n) is 14.3. The Morgan fingerprint density at radius 1 is 0.900 bits per heavy atom. The summed E-state index contributed by atoms with van der Waals surface area (Å²) in [5.41, 5.74) is 1.04. The van der Waals surface area contributed by atoms with Crippen LogP contribution in [-0.4, -0.2) is 24.8 Å². The van der Waals surface area contributed by atoms with Crippen LogP contribution >= 0.6 is 0 Å². The molecule has 0 spiro atoms. The summed E-state index contributed by atoms with van der Waals surface area (Å²) in [4.78, 5) is 12.1. The molecule has 0 aliphatic heterocycles. The molecule has 0 saturated heterocycles. The molecule has 2 nitrogen and oxygen atoms in total. The van der Waals surface area contributed by atoms with E-state index in [9.17, 15) is 4.79 Å². The van der Waals surface area contributed by atoms with Gasteiger partial charge in [0.1, 0.15) is 0 Å². The average molecular weight is 389 g/mol. The molecule has 0 heterocycles. The SMILES string of the molecule is CCC[CH2][Sn]([CH2]CCC)([CH2]CCC)[O]C(=O)C=C(C)C. The van der Waals surface area contributed by atoms with Crippen LogP contribution in [0.15, 0.2) is 11.6 Å². The Labute approximate surface area is 130 Å². The number of hydrogen-bond donors (Lipinski definition) is 0. The van der Waals surface area contributed by atoms with Crippen molar-refractivity contribution in [2.24, 2.45) is 0 Å². The van der Waals surface area contributed by atoms with Crippen molar-refractivity contribution in [3.05, 3.63) is 11.6 Å². The third-order valence-electron chi connectivity index (χ3n) is 3.68. The first kappa shape index (κ1) is 20.0. The quantitative estimate of drug-likeness (QED) is 0.328. The van der Waals surface area contributed by atoms with Gasteiger partial charge in [0, 0.05) is 0 Å². The summed E-state index contributed by atoms with van der Waals surface area (Å²) in [5, 5.41) is 0. The maximum absolute atomic E-state index is 12.1. The number of hydrogen-bond acceptors (Lipinski definition) is 2. The Bertz CT molecular complexity index is 272. The Morgan fingerprint density at radius 2 is 1.30 bits per heavy atom. The van der Waals surface area contributed by atoms with Crippen molar-refractivity contribution in [2.45, 2.75) is 86.5 Å². The molecule has 0 unspecified atom stereocenters. The molecular weight excluding hydrogens is 355 g/mol. The van der Waals surface area contributed by atoms with Crippen LogP contribution < -0.4 is 0 Å². The van der Waals surface area contributed by atoms with Gasteiger partial charge in [-0.05, 0) is 0 Å². The first-order valence-electron chi connectivity index (χ1n) is 8.37. The van der Waals surface area contributed by atoms with E-state index >= 15 is 0 Å². The van der Waals surface area contributed by atoms with Gasteiger partial charge in [-0.25, -0.2) is 0 Å². The molecule has 20 heavy (non-hydrogen) atoms. The van der Waals surface area contributed by atoms with Crippen molar-refractivity contribution >= 4 is 24.8 Å². The summed E-state index contributed by atoms with van der Waals surface area (Å²) in [6, 6.07) is 0. The molecule has 0 amide bonds. The van der Waals surface area contributed by atoms with Crippen LogP contribution in [0.1, 0.15) is 73.1 Å². The monoisotopic (exact) mass is 390 g/mol. The minimum atomic E-state index is -2.73. The normalized spacial score (nSPS) is 11.2. The number of rotatable bonds is 11. The van der Waals surface area contributed by atoms with E-state index in [2.05, 4.69) is 20.8 Å².